The summed E-state index contributed by atoms with van der Waals surface area (Å²) < 4.78 is 23.2. The molecule has 0 aromatic heterocycles. The largest absolute Gasteiger partial charge is 0.756 e. The van der Waals surface area contributed by atoms with Gasteiger partial charge in [0.2, 0.25) is 5.91 Å². The highest BCUT2D eigenvalue weighted by atomic mass is 31.2. The fraction of sp³-hybridized carbons (Fsp3) is 0.944. The number of aliphatic hydroxyl groups excluding tert-OH is 1. The third-order valence-electron chi connectivity index (χ3n) is 12.7. The van der Waals surface area contributed by atoms with Crippen LogP contribution in [0.2, 0.25) is 0 Å². The lowest BCUT2D eigenvalue weighted by atomic mass is 10.0. The van der Waals surface area contributed by atoms with Crippen LogP contribution in [0.15, 0.2) is 12.2 Å². The molecule has 0 radical (unpaired) electrons. The van der Waals surface area contributed by atoms with Gasteiger partial charge in [0, 0.05) is 6.42 Å². The second-order valence-corrected chi connectivity index (χ2v) is 21.7. The van der Waals surface area contributed by atoms with Gasteiger partial charge in [0.1, 0.15) is 13.2 Å². The Morgan fingerprint density at radius 3 is 1.19 bits per heavy atom. The van der Waals surface area contributed by atoms with E-state index in [-0.39, 0.29) is 19.1 Å². The van der Waals surface area contributed by atoms with E-state index in [2.05, 4.69) is 19.2 Å². The molecule has 0 aromatic carbocycles. The maximum Gasteiger partial charge on any atom is 0.268 e. The Morgan fingerprint density at radius 2 is 0.857 bits per heavy atom. The number of amides is 1. The van der Waals surface area contributed by atoms with Gasteiger partial charge in [-0.2, -0.15) is 0 Å². The van der Waals surface area contributed by atoms with Gasteiger partial charge in [0.25, 0.3) is 7.82 Å². The number of aliphatic hydroxyl groups is 1. The molecule has 8 nitrogen and oxygen atoms in total. The molecule has 0 aliphatic heterocycles. The van der Waals surface area contributed by atoms with E-state index in [9.17, 15) is 19.4 Å². The molecule has 0 rings (SSSR count). The minimum Gasteiger partial charge on any atom is -0.756 e. The molecule has 63 heavy (non-hydrogen) atoms. The van der Waals surface area contributed by atoms with Gasteiger partial charge >= 0.3 is 0 Å². The summed E-state index contributed by atoms with van der Waals surface area (Å²) in [6, 6.07) is -0.880. The fourth-order valence-electron chi connectivity index (χ4n) is 8.39. The molecule has 0 fully saturated rings. The highest BCUT2D eigenvalue weighted by molar-refractivity contribution is 7.45. The Bertz CT molecular complexity index is 1040. The summed E-state index contributed by atoms with van der Waals surface area (Å²) in [6.45, 7) is 4.66. The van der Waals surface area contributed by atoms with Crippen LogP contribution >= 0.6 is 7.82 Å². The van der Waals surface area contributed by atoms with E-state index in [4.69, 9.17) is 9.05 Å². The Kier molecular flexibility index (Phi) is 45.8. The van der Waals surface area contributed by atoms with Crippen LogP contribution < -0.4 is 10.2 Å². The number of unbranched alkanes of at least 4 members (excludes halogenated alkanes) is 38. The molecule has 0 saturated heterocycles. The monoisotopic (exact) mass is 913 g/mol. The summed E-state index contributed by atoms with van der Waals surface area (Å²) in [5, 5.41) is 13.8. The van der Waals surface area contributed by atoms with Crippen molar-refractivity contribution >= 4 is 13.7 Å². The highest BCUT2D eigenvalue weighted by Crippen LogP contribution is 2.38. The van der Waals surface area contributed by atoms with Crippen LogP contribution in [0, 0.1) is 0 Å². The number of rotatable bonds is 51. The molecule has 0 aliphatic carbocycles. The molecule has 9 heteroatoms. The van der Waals surface area contributed by atoms with Crippen molar-refractivity contribution in [2.45, 2.75) is 289 Å². The molecular formula is C54H109N2O6P. The molecule has 0 bridgehead atoms. The summed E-state index contributed by atoms with van der Waals surface area (Å²) in [5.74, 6) is -0.193. The SMILES string of the molecule is CCCCCCCCCC/C=C/C(O)C(COP(=O)([O-])OCC[N+](C)(C)C)NC(=O)CCCCCCCCCCCCCCCCCCCCCCCCCCCCCCCCC. The molecule has 3 unspecified atom stereocenters. The van der Waals surface area contributed by atoms with Gasteiger partial charge in [-0.15, -0.1) is 0 Å². The summed E-state index contributed by atoms with van der Waals surface area (Å²) in [6.07, 6.45) is 55.9. The standard InChI is InChI=1S/C54H109N2O6P/c1-6-8-10-12-14-16-18-19-20-21-22-23-24-25-26-27-28-29-30-31-32-33-34-35-36-37-38-40-42-44-46-48-54(58)55-52(51-62-63(59,60)61-50-49-56(3,4)5)53(57)47-45-43-41-39-17-15-13-11-9-7-2/h45,47,52-53,57H,6-44,46,48-51H2,1-5H3,(H-,55,58,59,60)/b47-45+. The molecule has 0 spiro atoms. The summed E-state index contributed by atoms with van der Waals surface area (Å²) in [7, 11) is 1.27. The highest BCUT2D eigenvalue weighted by Gasteiger charge is 2.23. The Morgan fingerprint density at radius 1 is 0.540 bits per heavy atom. The number of carbonyl (C=O) groups is 1. The van der Waals surface area contributed by atoms with E-state index in [1.807, 2.05) is 27.2 Å². The zero-order valence-corrected chi connectivity index (χ0v) is 43.7. The van der Waals surface area contributed by atoms with Crippen LogP contribution in [0.5, 0.6) is 0 Å². The smallest absolute Gasteiger partial charge is 0.268 e. The molecule has 376 valence electrons. The minimum atomic E-state index is -4.58. The quantitative estimate of drug-likeness (QED) is 0.0272. The first-order valence-corrected chi connectivity index (χ1v) is 29.0. The van der Waals surface area contributed by atoms with Gasteiger partial charge < -0.3 is 28.8 Å². The van der Waals surface area contributed by atoms with Crippen molar-refractivity contribution in [1.82, 2.24) is 5.32 Å². The third kappa shape index (κ3) is 49.0. The van der Waals surface area contributed by atoms with Crippen LogP contribution in [-0.4, -0.2) is 68.5 Å². The summed E-state index contributed by atoms with van der Waals surface area (Å²) in [4.78, 5) is 25.3. The third-order valence-corrected chi connectivity index (χ3v) is 13.7. The van der Waals surface area contributed by atoms with Crippen molar-refractivity contribution in [3.8, 4) is 0 Å². The second kappa shape index (κ2) is 46.4. The first-order valence-electron chi connectivity index (χ1n) is 27.6. The second-order valence-electron chi connectivity index (χ2n) is 20.3. The molecule has 3 atom stereocenters. The predicted molar refractivity (Wildman–Crippen MR) is 270 cm³/mol. The normalized spacial score (nSPS) is 14.1. The van der Waals surface area contributed by atoms with Crippen molar-refractivity contribution in [3.63, 3.8) is 0 Å². The van der Waals surface area contributed by atoms with E-state index < -0.39 is 20.0 Å². The average Bonchev–Trinajstić information content (AvgIpc) is 3.24. The Labute approximate surface area is 392 Å². The van der Waals surface area contributed by atoms with Crippen molar-refractivity contribution in [3.05, 3.63) is 12.2 Å². The number of carbonyl (C=O) groups excluding carboxylic acids is 1. The number of quaternary nitrogens is 1. The van der Waals surface area contributed by atoms with E-state index in [1.165, 1.54) is 218 Å². The van der Waals surface area contributed by atoms with Crippen molar-refractivity contribution in [2.24, 2.45) is 0 Å². The van der Waals surface area contributed by atoms with Crippen LogP contribution in [0.4, 0.5) is 0 Å². The predicted octanol–water partition coefficient (Wildman–Crippen LogP) is 15.6. The number of phosphoric acid groups is 1. The van der Waals surface area contributed by atoms with Crippen molar-refractivity contribution < 1.29 is 32.9 Å². The number of hydrogen-bond donors (Lipinski definition) is 2. The zero-order valence-electron chi connectivity index (χ0n) is 42.8. The van der Waals surface area contributed by atoms with Crippen LogP contribution in [0.25, 0.3) is 0 Å². The lowest BCUT2D eigenvalue weighted by Crippen LogP contribution is -2.45. The summed E-state index contributed by atoms with van der Waals surface area (Å²) >= 11 is 0. The minimum absolute atomic E-state index is 0.00205. The molecule has 0 aliphatic rings. The first-order chi connectivity index (χ1) is 30.5. The van der Waals surface area contributed by atoms with Crippen LogP contribution in [-0.2, 0) is 18.4 Å². The lowest BCUT2D eigenvalue weighted by molar-refractivity contribution is -0.870. The van der Waals surface area contributed by atoms with Crippen molar-refractivity contribution in [1.29, 1.82) is 0 Å². The van der Waals surface area contributed by atoms with Crippen LogP contribution in [0.1, 0.15) is 277 Å². The average molecular weight is 913 g/mol. The van der Waals surface area contributed by atoms with Gasteiger partial charge in [-0.3, -0.25) is 9.36 Å². The number of allylic oxidation sites excluding steroid dienone is 1. The molecule has 2 N–H and O–H groups in total. The number of likely N-dealkylation sites (N-methyl/N-ethyl adjacent to an activating group) is 1. The Hall–Kier alpha value is -0.760. The van der Waals surface area contributed by atoms with Gasteiger partial charge in [-0.1, -0.05) is 264 Å². The molecular weight excluding hydrogens is 804 g/mol. The van der Waals surface area contributed by atoms with Crippen molar-refractivity contribution in [2.75, 3.05) is 40.9 Å². The van der Waals surface area contributed by atoms with E-state index >= 15 is 0 Å². The lowest BCUT2D eigenvalue weighted by Gasteiger charge is -2.29. The topological polar surface area (TPSA) is 108 Å². The molecule has 0 aromatic rings. The number of nitrogens with one attached hydrogen (secondary N) is 1. The zero-order chi connectivity index (χ0) is 46.4. The van der Waals surface area contributed by atoms with Gasteiger partial charge in [0.15, 0.2) is 0 Å². The maximum atomic E-state index is 12.9. The van der Waals surface area contributed by atoms with E-state index in [1.54, 1.807) is 6.08 Å². The first kappa shape index (κ1) is 62.2. The van der Waals surface area contributed by atoms with E-state index in [0.717, 1.165) is 38.5 Å². The van der Waals surface area contributed by atoms with E-state index in [0.29, 0.717) is 17.4 Å². The fourth-order valence-corrected chi connectivity index (χ4v) is 9.11. The maximum absolute atomic E-state index is 12.9. The summed E-state index contributed by atoms with van der Waals surface area (Å²) in [5.41, 5.74) is 0. The van der Waals surface area contributed by atoms with Gasteiger partial charge in [-0.25, -0.2) is 0 Å². The van der Waals surface area contributed by atoms with Crippen LogP contribution in [0.3, 0.4) is 0 Å². The molecule has 1 amide bonds. The van der Waals surface area contributed by atoms with Gasteiger partial charge in [-0.05, 0) is 19.3 Å². The molecule has 0 heterocycles. The number of phosphoric ester groups is 1. The number of hydrogen-bond acceptors (Lipinski definition) is 6. The van der Waals surface area contributed by atoms with Gasteiger partial charge in [0.05, 0.1) is 39.9 Å². The number of nitrogens with zero attached hydrogens (tertiary/aromatic N) is 1. The Balaban J connectivity index is 3.93. The molecule has 0 saturated carbocycles.